The number of quaternary nitrogens is 1. The van der Waals surface area contributed by atoms with Crippen LogP contribution in [0.5, 0.6) is 0 Å². The van der Waals surface area contributed by atoms with Crippen molar-refractivity contribution < 1.29 is 42.9 Å². The van der Waals surface area contributed by atoms with Gasteiger partial charge in [-0.3, -0.25) is 9.59 Å². The van der Waals surface area contributed by atoms with Crippen molar-refractivity contribution in [3.05, 3.63) is 85.1 Å². The number of allylic oxidation sites excluding steroid dienone is 14. The average molecular weight is 1330 g/mol. The van der Waals surface area contributed by atoms with Crippen LogP contribution in [0.25, 0.3) is 0 Å². The maximum atomic E-state index is 13.0. The van der Waals surface area contributed by atoms with E-state index in [4.69, 9.17) is 18.9 Å². The number of carboxylic acids is 1. The molecular formula is C86H156NO8+. The average Bonchev–Trinajstić information content (AvgIpc) is 2.92. The normalized spacial score (nSPS) is 13.1. The van der Waals surface area contributed by atoms with E-state index < -0.39 is 18.4 Å². The number of rotatable bonds is 76. The summed E-state index contributed by atoms with van der Waals surface area (Å²) >= 11 is 0. The van der Waals surface area contributed by atoms with Crippen LogP contribution in [0, 0.1) is 0 Å². The van der Waals surface area contributed by atoms with Gasteiger partial charge in [0, 0.05) is 12.8 Å². The van der Waals surface area contributed by atoms with Gasteiger partial charge < -0.3 is 28.5 Å². The number of unbranched alkanes of at least 4 members (excludes halogenated alkanes) is 47. The number of carbonyl (C=O) groups excluding carboxylic acids is 2. The molecule has 0 amide bonds. The molecule has 0 rings (SSSR count). The quantitative estimate of drug-likeness (QED) is 0.0211. The van der Waals surface area contributed by atoms with E-state index in [9.17, 15) is 19.5 Å². The van der Waals surface area contributed by atoms with E-state index in [1.165, 1.54) is 276 Å². The Morgan fingerprint density at radius 2 is 0.600 bits per heavy atom. The summed E-state index contributed by atoms with van der Waals surface area (Å²) in [6.07, 6.45) is 102. The minimum atomic E-state index is -1.51. The van der Waals surface area contributed by atoms with Gasteiger partial charge in [0.2, 0.25) is 0 Å². The van der Waals surface area contributed by atoms with Gasteiger partial charge >= 0.3 is 17.9 Å². The lowest BCUT2D eigenvalue weighted by Crippen LogP contribution is -2.40. The number of esters is 2. The van der Waals surface area contributed by atoms with E-state index in [2.05, 4.69) is 98.9 Å². The van der Waals surface area contributed by atoms with Crippen LogP contribution in [-0.4, -0.2) is 87.4 Å². The van der Waals surface area contributed by atoms with Crippen LogP contribution in [0.3, 0.4) is 0 Å². The fourth-order valence-electron chi connectivity index (χ4n) is 12.0. The van der Waals surface area contributed by atoms with E-state index >= 15 is 0 Å². The summed E-state index contributed by atoms with van der Waals surface area (Å²) in [6, 6.07) is 0. The molecule has 9 nitrogen and oxygen atoms in total. The number of carbonyl (C=O) groups is 3. The highest BCUT2D eigenvalue weighted by atomic mass is 16.7. The van der Waals surface area contributed by atoms with Crippen molar-refractivity contribution >= 4 is 17.9 Å². The Hall–Kier alpha value is -3.53. The molecule has 0 bridgehead atoms. The van der Waals surface area contributed by atoms with Crippen molar-refractivity contribution in [1.29, 1.82) is 0 Å². The lowest BCUT2D eigenvalue weighted by molar-refractivity contribution is -0.870. The summed E-state index contributed by atoms with van der Waals surface area (Å²) in [5, 5.41) is 9.78. The van der Waals surface area contributed by atoms with Crippen molar-refractivity contribution in [2.75, 3.05) is 47.5 Å². The van der Waals surface area contributed by atoms with Gasteiger partial charge in [-0.15, -0.1) is 0 Å². The molecule has 0 aromatic carbocycles. The fourth-order valence-corrected chi connectivity index (χ4v) is 12.0. The molecule has 0 aromatic heterocycles. The zero-order chi connectivity index (χ0) is 69.0. The smallest absolute Gasteiger partial charge is 0.361 e. The second kappa shape index (κ2) is 76.2. The molecule has 2 atom stereocenters. The standard InChI is InChI=1S/C86H155NO8/c1-6-8-10-12-14-16-18-20-22-24-26-28-30-32-34-36-38-39-40-41-42-43-44-45-47-49-51-53-55-57-59-61-63-65-67-69-71-73-75-77-84(89)95-82(81-94-86(85(90)91)92-79-78-87(3,4)5)80-93-83(88)76-74-72-70-68-66-64-62-60-58-56-54-52-50-48-46-37-35-33-31-29-27-25-23-21-19-17-15-13-11-9-7-2/h8,10,14,16,20,22,26,28,32,34,38-39,41-42,82,86H,6-7,9,11-13,15,17-19,21,23-25,27,29-31,33,35-37,40,43-81H2,1-5H3/p+1/b10-8-,16-14-,22-20-,28-26-,34-32-,39-38-,42-41-. The third kappa shape index (κ3) is 77.7. The predicted molar refractivity (Wildman–Crippen MR) is 410 cm³/mol. The molecule has 552 valence electrons. The molecule has 1 N–H and O–H groups in total. The van der Waals surface area contributed by atoms with Crippen LogP contribution in [0.1, 0.15) is 386 Å². The first-order chi connectivity index (χ1) is 46.6. The lowest BCUT2D eigenvalue weighted by Gasteiger charge is -2.25. The number of likely N-dealkylation sites (N-methyl/N-ethyl adjacent to an activating group) is 1. The van der Waals surface area contributed by atoms with Gasteiger partial charge in [0.25, 0.3) is 6.29 Å². The summed E-state index contributed by atoms with van der Waals surface area (Å²) in [5.74, 6) is -1.98. The number of aliphatic carboxylic acids is 1. The van der Waals surface area contributed by atoms with Gasteiger partial charge in [-0.1, -0.05) is 388 Å². The Balaban J connectivity index is 3.99. The highest BCUT2D eigenvalue weighted by Gasteiger charge is 2.25. The molecule has 0 saturated heterocycles. The largest absolute Gasteiger partial charge is 0.477 e. The van der Waals surface area contributed by atoms with Gasteiger partial charge in [-0.2, -0.15) is 0 Å². The third-order valence-electron chi connectivity index (χ3n) is 18.2. The van der Waals surface area contributed by atoms with Gasteiger partial charge in [0.05, 0.1) is 34.4 Å². The van der Waals surface area contributed by atoms with E-state index in [1.54, 1.807) is 0 Å². The lowest BCUT2D eigenvalue weighted by atomic mass is 10.0. The Morgan fingerprint density at radius 3 is 0.895 bits per heavy atom. The fraction of sp³-hybridized carbons (Fsp3) is 0.802. The summed E-state index contributed by atoms with van der Waals surface area (Å²) < 4.78 is 23.1. The van der Waals surface area contributed by atoms with Crippen LogP contribution in [0.4, 0.5) is 0 Å². The van der Waals surface area contributed by atoms with Crippen molar-refractivity contribution in [3.63, 3.8) is 0 Å². The third-order valence-corrected chi connectivity index (χ3v) is 18.2. The van der Waals surface area contributed by atoms with Crippen LogP contribution in [-0.2, 0) is 33.3 Å². The van der Waals surface area contributed by atoms with Gasteiger partial charge in [0.15, 0.2) is 6.10 Å². The number of carboxylic acid groups (broad SMARTS) is 1. The van der Waals surface area contributed by atoms with Crippen LogP contribution < -0.4 is 0 Å². The highest BCUT2D eigenvalue weighted by molar-refractivity contribution is 5.71. The number of hydrogen-bond acceptors (Lipinski definition) is 7. The van der Waals surface area contributed by atoms with Gasteiger partial charge in [0.1, 0.15) is 13.2 Å². The zero-order valence-electron chi connectivity index (χ0n) is 63.3. The molecule has 0 heterocycles. The first kappa shape index (κ1) is 91.5. The first-order valence-corrected chi connectivity index (χ1v) is 40.8. The predicted octanol–water partition coefficient (Wildman–Crippen LogP) is 26.2. The monoisotopic (exact) mass is 1330 g/mol. The van der Waals surface area contributed by atoms with Gasteiger partial charge in [-0.05, 0) is 70.6 Å². The Morgan fingerprint density at radius 1 is 0.326 bits per heavy atom. The summed E-state index contributed by atoms with van der Waals surface area (Å²) in [6.45, 7) is 4.83. The summed E-state index contributed by atoms with van der Waals surface area (Å²) in [7, 11) is 5.99. The van der Waals surface area contributed by atoms with E-state index in [0.717, 1.165) is 83.5 Å². The second-order valence-corrected chi connectivity index (χ2v) is 28.7. The van der Waals surface area contributed by atoms with Crippen molar-refractivity contribution in [2.45, 2.75) is 399 Å². The zero-order valence-corrected chi connectivity index (χ0v) is 63.3. The Labute approximate surface area is 589 Å². The second-order valence-electron chi connectivity index (χ2n) is 28.7. The minimum Gasteiger partial charge on any atom is -0.477 e. The molecule has 9 heteroatoms. The maximum absolute atomic E-state index is 13.0. The minimum absolute atomic E-state index is 0.178. The van der Waals surface area contributed by atoms with E-state index in [-0.39, 0.29) is 38.2 Å². The molecule has 0 saturated carbocycles. The number of nitrogens with zero attached hydrogens (tertiary/aromatic N) is 1. The number of ether oxygens (including phenoxy) is 4. The molecule has 0 spiro atoms. The van der Waals surface area contributed by atoms with E-state index in [1.807, 2.05) is 21.1 Å². The van der Waals surface area contributed by atoms with Crippen LogP contribution in [0.15, 0.2) is 85.1 Å². The topological polar surface area (TPSA) is 108 Å². The molecule has 2 unspecified atom stereocenters. The summed E-state index contributed by atoms with van der Waals surface area (Å²) in [4.78, 5) is 37.8. The highest BCUT2D eigenvalue weighted by Crippen LogP contribution is 2.20. The van der Waals surface area contributed by atoms with Crippen LogP contribution >= 0.6 is 0 Å². The maximum Gasteiger partial charge on any atom is 0.361 e. The molecule has 0 aromatic rings. The Bertz CT molecular complexity index is 1840. The molecular weight excluding hydrogens is 1170 g/mol. The molecule has 95 heavy (non-hydrogen) atoms. The molecule has 0 fully saturated rings. The Kier molecular flexibility index (Phi) is 73.4. The van der Waals surface area contributed by atoms with Gasteiger partial charge in [-0.25, -0.2) is 4.79 Å². The van der Waals surface area contributed by atoms with Crippen molar-refractivity contribution in [2.24, 2.45) is 0 Å². The molecule has 0 aliphatic carbocycles. The van der Waals surface area contributed by atoms with Crippen molar-refractivity contribution in [3.8, 4) is 0 Å². The van der Waals surface area contributed by atoms with Crippen molar-refractivity contribution in [1.82, 2.24) is 0 Å². The SMILES string of the molecule is CC/C=C\C/C=C\C/C=C\C/C=C\C/C=C\C/C=C\C/C=C\CCCCCCCCCCCCCCCCCCCC(=O)OC(COC(=O)CCCCCCCCCCCCCCCCCCCCCCCCCCCCCCCCC)COC(OCC[N+](C)(C)C)C(=O)O. The van der Waals surface area contributed by atoms with Crippen LogP contribution in [0.2, 0.25) is 0 Å². The summed E-state index contributed by atoms with van der Waals surface area (Å²) in [5.41, 5.74) is 0. The van der Waals surface area contributed by atoms with E-state index in [0.29, 0.717) is 17.4 Å². The molecule has 0 aliphatic heterocycles. The molecule has 0 aliphatic rings. The number of hydrogen-bond donors (Lipinski definition) is 1. The first-order valence-electron chi connectivity index (χ1n) is 40.8. The molecule has 0 radical (unpaired) electrons.